The lowest BCUT2D eigenvalue weighted by Crippen LogP contribution is -2.49. The minimum Gasteiger partial charge on any atom is -0.342 e. The van der Waals surface area contributed by atoms with Gasteiger partial charge in [0.25, 0.3) is 0 Å². The van der Waals surface area contributed by atoms with Gasteiger partial charge in [0.05, 0.1) is 6.54 Å². The summed E-state index contributed by atoms with van der Waals surface area (Å²) >= 11 is 0. The molecule has 0 N–H and O–H groups in total. The second-order valence-electron chi connectivity index (χ2n) is 6.62. The van der Waals surface area contributed by atoms with E-state index in [2.05, 4.69) is 4.90 Å². The molecule has 1 heterocycles. The van der Waals surface area contributed by atoms with Gasteiger partial charge in [-0.05, 0) is 37.0 Å². The third kappa shape index (κ3) is 3.32. The van der Waals surface area contributed by atoms with E-state index in [1.165, 1.54) is 31.4 Å². The Morgan fingerprint density at radius 2 is 1.86 bits per heavy atom. The highest BCUT2D eigenvalue weighted by atomic mass is 19.1. The number of amides is 1. The maximum absolute atomic E-state index is 13.0. The summed E-state index contributed by atoms with van der Waals surface area (Å²) in [4.78, 5) is 16.7. The van der Waals surface area contributed by atoms with Gasteiger partial charge in [0.1, 0.15) is 5.82 Å². The fraction of sp³-hybridized carbons (Fsp3) is 0.611. The Bertz CT molecular complexity index is 510. The number of carbonyl (C=O) groups is 1. The highest BCUT2D eigenvalue weighted by Crippen LogP contribution is 2.33. The minimum atomic E-state index is -0.206. The quantitative estimate of drug-likeness (QED) is 0.851. The zero-order valence-electron chi connectivity index (χ0n) is 13.3. The number of halogens is 1. The van der Waals surface area contributed by atoms with E-state index in [-0.39, 0.29) is 17.8 Å². The molecule has 1 saturated heterocycles. The van der Waals surface area contributed by atoms with Crippen LogP contribution in [-0.4, -0.2) is 41.9 Å². The number of hydrogen-bond acceptors (Lipinski definition) is 2. The predicted octanol–water partition coefficient (Wildman–Crippen LogP) is 3.36. The maximum Gasteiger partial charge on any atom is 0.236 e. The van der Waals surface area contributed by atoms with Gasteiger partial charge in [-0.15, -0.1) is 0 Å². The molecule has 1 aromatic carbocycles. The van der Waals surface area contributed by atoms with E-state index in [9.17, 15) is 9.18 Å². The van der Waals surface area contributed by atoms with Gasteiger partial charge in [-0.25, -0.2) is 4.39 Å². The van der Waals surface area contributed by atoms with Crippen molar-refractivity contribution in [1.29, 1.82) is 0 Å². The van der Waals surface area contributed by atoms with Crippen LogP contribution >= 0.6 is 0 Å². The molecule has 0 spiro atoms. The summed E-state index contributed by atoms with van der Waals surface area (Å²) in [7, 11) is 1.95. The van der Waals surface area contributed by atoms with E-state index in [1.807, 2.05) is 24.1 Å². The van der Waals surface area contributed by atoms with Gasteiger partial charge in [0, 0.05) is 25.7 Å². The minimum absolute atomic E-state index is 0.206. The lowest BCUT2D eigenvalue weighted by Gasteiger charge is -2.42. The number of likely N-dealkylation sites (tertiary alicyclic amines) is 1. The standard InChI is InChI=1S/C18H25FN2O/c1-20(16-5-3-2-4-6-16)18(22)13-21-12-11-17(21)14-7-9-15(19)10-8-14/h7-10,16-17H,2-6,11-13H2,1H3/t17-/m1/s1. The van der Waals surface area contributed by atoms with Gasteiger partial charge < -0.3 is 4.90 Å². The highest BCUT2D eigenvalue weighted by Gasteiger charge is 2.32. The van der Waals surface area contributed by atoms with Crippen LogP contribution in [0.3, 0.4) is 0 Å². The van der Waals surface area contributed by atoms with Gasteiger partial charge in [0.15, 0.2) is 0 Å². The second-order valence-corrected chi connectivity index (χ2v) is 6.62. The molecule has 3 nitrogen and oxygen atoms in total. The molecule has 0 radical (unpaired) electrons. The van der Waals surface area contributed by atoms with Gasteiger partial charge in [-0.3, -0.25) is 9.69 Å². The third-order valence-corrected chi connectivity index (χ3v) is 5.24. The fourth-order valence-corrected chi connectivity index (χ4v) is 3.65. The molecular formula is C18H25FN2O. The summed E-state index contributed by atoms with van der Waals surface area (Å²) in [6.45, 7) is 1.43. The average molecular weight is 304 g/mol. The number of nitrogens with zero attached hydrogens (tertiary/aromatic N) is 2. The van der Waals surface area contributed by atoms with Crippen LogP contribution in [0.15, 0.2) is 24.3 Å². The molecule has 4 heteroatoms. The van der Waals surface area contributed by atoms with Crippen molar-refractivity contribution in [1.82, 2.24) is 9.80 Å². The Balaban J connectivity index is 1.56. The Hall–Kier alpha value is -1.42. The van der Waals surface area contributed by atoms with Crippen molar-refractivity contribution >= 4 is 5.91 Å². The molecule has 0 aromatic heterocycles. The second kappa shape index (κ2) is 6.78. The van der Waals surface area contributed by atoms with Crippen molar-refractivity contribution in [3.05, 3.63) is 35.6 Å². The molecule has 0 unspecified atom stereocenters. The Morgan fingerprint density at radius 1 is 1.18 bits per heavy atom. The van der Waals surface area contributed by atoms with Gasteiger partial charge in [-0.2, -0.15) is 0 Å². The van der Waals surface area contributed by atoms with E-state index in [1.54, 1.807) is 0 Å². The summed E-state index contributed by atoms with van der Waals surface area (Å²) in [5, 5.41) is 0. The molecule has 1 aromatic rings. The summed E-state index contributed by atoms with van der Waals surface area (Å²) < 4.78 is 13.0. The molecule has 2 aliphatic rings. The normalized spacial score (nSPS) is 23.1. The predicted molar refractivity (Wildman–Crippen MR) is 85.0 cm³/mol. The van der Waals surface area contributed by atoms with Crippen LogP contribution < -0.4 is 0 Å². The van der Waals surface area contributed by atoms with Crippen molar-refractivity contribution < 1.29 is 9.18 Å². The molecule has 1 atom stereocenters. The molecular weight excluding hydrogens is 279 g/mol. The third-order valence-electron chi connectivity index (χ3n) is 5.24. The van der Waals surface area contributed by atoms with Crippen LogP contribution in [0.4, 0.5) is 4.39 Å². The molecule has 120 valence electrons. The number of likely N-dealkylation sites (N-methyl/N-ethyl adjacent to an activating group) is 1. The molecule has 1 saturated carbocycles. The summed E-state index contributed by atoms with van der Waals surface area (Å²) in [6.07, 6.45) is 7.12. The SMILES string of the molecule is CN(C(=O)CN1CC[C@@H]1c1ccc(F)cc1)C1CCCCC1. The van der Waals surface area contributed by atoms with Crippen LogP contribution in [0, 0.1) is 5.82 Å². The molecule has 1 amide bonds. The lowest BCUT2D eigenvalue weighted by molar-refractivity contribution is -0.136. The van der Waals surface area contributed by atoms with Crippen molar-refractivity contribution in [2.75, 3.05) is 20.1 Å². The Labute approximate surface area is 132 Å². The topological polar surface area (TPSA) is 23.6 Å². The van der Waals surface area contributed by atoms with Crippen LogP contribution in [-0.2, 0) is 4.79 Å². The zero-order chi connectivity index (χ0) is 15.5. The number of rotatable bonds is 4. The number of carbonyl (C=O) groups excluding carboxylic acids is 1. The van der Waals surface area contributed by atoms with E-state index < -0.39 is 0 Å². The first-order valence-electron chi connectivity index (χ1n) is 8.40. The van der Waals surface area contributed by atoms with Crippen LogP contribution in [0.5, 0.6) is 0 Å². The first-order chi connectivity index (χ1) is 10.6. The van der Waals surface area contributed by atoms with Crippen molar-refractivity contribution in [3.63, 3.8) is 0 Å². The summed E-state index contributed by atoms with van der Waals surface area (Å²) in [6, 6.07) is 7.36. The molecule has 1 aliphatic heterocycles. The van der Waals surface area contributed by atoms with E-state index in [0.29, 0.717) is 12.6 Å². The van der Waals surface area contributed by atoms with Crippen LogP contribution in [0.1, 0.15) is 50.1 Å². The molecule has 3 rings (SSSR count). The Morgan fingerprint density at radius 3 is 2.45 bits per heavy atom. The van der Waals surface area contributed by atoms with Gasteiger partial charge in [0.2, 0.25) is 5.91 Å². The highest BCUT2D eigenvalue weighted by molar-refractivity contribution is 5.78. The lowest BCUT2D eigenvalue weighted by atomic mass is 9.93. The first-order valence-corrected chi connectivity index (χ1v) is 8.40. The van der Waals surface area contributed by atoms with Crippen LogP contribution in [0.2, 0.25) is 0 Å². The van der Waals surface area contributed by atoms with E-state index >= 15 is 0 Å². The monoisotopic (exact) mass is 304 g/mol. The van der Waals surface area contributed by atoms with Gasteiger partial charge >= 0.3 is 0 Å². The maximum atomic E-state index is 13.0. The van der Waals surface area contributed by atoms with E-state index in [4.69, 9.17) is 0 Å². The van der Waals surface area contributed by atoms with E-state index in [0.717, 1.165) is 31.4 Å². The summed E-state index contributed by atoms with van der Waals surface area (Å²) in [5.74, 6) is 0.0152. The van der Waals surface area contributed by atoms with Crippen molar-refractivity contribution in [2.45, 2.75) is 50.6 Å². The molecule has 1 aliphatic carbocycles. The number of hydrogen-bond donors (Lipinski definition) is 0. The molecule has 0 bridgehead atoms. The van der Waals surface area contributed by atoms with Crippen LogP contribution in [0.25, 0.3) is 0 Å². The van der Waals surface area contributed by atoms with Crippen molar-refractivity contribution in [3.8, 4) is 0 Å². The largest absolute Gasteiger partial charge is 0.342 e. The molecule has 22 heavy (non-hydrogen) atoms. The summed E-state index contributed by atoms with van der Waals surface area (Å²) in [5.41, 5.74) is 1.11. The van der Waals surface area contributed by atoms with Gasteiger partial charge in [-0.1, -0.05) is 31.4 Å². The zero-order valence-corrected chi connectivity index (χ0v) is 13.3. The average Bonchev–Trinajstić information content (AvgIpc) is 2.53. The number of benzene rings is 1. The first kappa shape index (κ1) is 15.5. The smallest absolute Gasteiger partial charge is 0.236 e. The Kier molecular flexibility index (Phi) is 4.77. The van der Waals surface area contributed by atoms with Crippen molar-refractivity contribution in [2.24, 2.45) is 0 Å². The molecule has 2 fully saturated rings. The fourth-order valence-electron chi connectivity index (χ4n) is 3.65.